The second-order valence-electron chi connectivity index (χ2n) is 2.95. The summed E-state index contributed by atoms with van der Waals surface area (Å²) >= 11 is 0. The first kappa shape index (κ1) is 7.98. The summed E-state index contributed by atoms with van der Waals surface area (Å²) in [5, 5.41) is 0. The second-order valence-corrected chi connectivity index (χ2v) is 2.95. The van der Waals surface area contributed by atoms with Crippen LogP contribution in [0.3, 0.4) is 0 Å². The van der Waals surface area contributed by atoms with Gasteiger partial charge in [0, 0.05) is 19.2 Å². The molecule has 0 aliphatic heterocycles. The van der Waals surface area contributed by atoms with Gasteiger partial charge in [0.25, 0.3) is 0 Å². The van der Waals surface area contributed by atoms with Crippen LogP contribution in [0.1, 0.15) is 19.3 Å². The van der Waals surface area contributed by atoms with E-state index in [9.17, 15) is 0 Å². The van der Waals surface area contributed by atoms with Crippen LogP contribution in [-0.2, 0) is 4.74 Å². The molecule has 1 fully saturated rings. The minimum atomic E-state index is 0.0405. The van der Waals surface area contributed by atoms with Crippen molar-refractivity contribution in [3.63, 3.8) is 0 Å². The van der Waals surface area contributed by atoms with E-state index in [0.29, 0.717) is 0 Å². The van der Waals surface area contributed by atoms with Gasteiger partial charge in [0.05, 0.1) is 6.10 Å². The van der Waals surface area contributed by atoms with Crippen molar-refractivity contribution >= 4 is 0 Å². The highest BCUT2D eigenvalue weighted by Gasteiger charge is 2.27. The Bertz CT molecular complexity index is 108. The van der Waals surface area contributed by atoms with Crippen molar-refractivity contribution in [2.24, 2.45) is 11.5 Å². The van der Waals surface area contributed by atoms with E-state index in [1.807, 2.05) is 0 Å². The summed E-state index contributed by atoms with van der Waals surface area (Å²) in [5.41, 5.74) is 11.5. The summed E-state index contributed by atoms with van der Waals surface area (Å²) in [7, 11) is 1.70. The van der Waals surface area contributed by atoms with Gasteiger partial charge in [-0.25, -0.2) is 0 Å². The lowest BCUT2D eigenvalue weighted by Gasteiger charge is -2.32. The van der Waals surface area contributed by atoms with Crippen molar-refractivity contribution in [3.8, 4) is 0 Å². The summed E-state index contributed by atoms with van der Waals surface area (Å²) in [5.74, 6) is 0. The van der Waals surface area contributed by atoms with Crippen LogP contribution in [-0.4, -0.2) is 25.3 Å². The number of nitrogens with two attached hydrogens (primary N) is 2. The summed E-state index contributed by atoms with van der Waals surface area (Å²) in [6.45, 7) is 0. The van der Waals surface area contributed by atoms with Gasteiger partial charge in [0.15, 0.2) is 0 Å². The molecule has 4 N–H and O–H groups in total. The molecule has 3 nitrogen and oxygen atoms in total. The minimum absolute atomic E-state index is 0.0405. The van der Waals surface area contributed by atoms with Gasteiger partial charge < -0.3 is 16.2 Å². The molecule has 1 saturated carbocycles. The highest BCUT2D eigenvalue weighted by molar-refractivity contribution is 4.88. The molecule has 3 heteroatoms. The summed E-state index contributed by atoms with van der Waals surface area (Å²) in [6, 6.07) is 0.178. The zero-order chi connectivity index (χ0) is 7.56. The molecule has 0 bridgehead atoms. The van der Waals surface area contributed by atoms with Gasteiger partial charge in [-0.1, -0.05) is 0 Å². The van der Waals surface area contributed by atoms with Gasteiger partial charge in [-0.15, -0.1) is 0 Å². The van der Waals surface area contributed by atoms with Gasteiger partial charge >= 0.3 is 0 Å². The molecule has 0 spiro atoms. The monoisotopic (exact) mass is 144 g/mol. The van der Waals surface area contributed by atoms with Crippen LogP contribution in [0.25, 0.3) is 0 Å². The molecule has 1 rings (SSSR count). The number of ether oxygens (including phenoxy) is 1. The highest BCUT2D eigenvalue weighted by Crippen LogP contribution is 2.18. The molecule has 0 aromatic carbocycles. The molecule has 3 atom stereocenters. The molecule has 0 radical (unpaired) electrons. The van der Waals surface area contributed by atoms with Crippen molar-refractivity contribution in [1.82, 2.24) is 0 Å². The van der Waals surface area contributed by atoms with Gasteiger partial charge in [-0.3, -0.25) is 0 Å². The maximum absolute atomic E-state index is 5.78. The Labute approximate surface area is 61.7 Å². The standard InChI is InChI=1S/C7H16N2O/c1-10-6-4-2-3-5(8)7(6)9/h5-7H,2-4,8-9H2,1H3/t5-,6+,7-/m0/s1. The van der Waals surface area contributed by atoms with Crippen molar-refractivity contribution in [1.29, 1.82) is 0 Å². The Balaban J connectivity index is 2.42. The molecule has 0 heterocycles. The number of methoxy groups -OCH3 is 1. The molecule has 1 aliphatic carbocycles. The third-order valence-electron chi connectivity index (χ3n) is 2.25. The van der Waals surface area contributed by atoms with Crippen molar-refractivity contribution in [3.05, 3.63) is 0 Å². The molecule has 0 unspecified atom stereocenters. The van der Waals surface area contributed by atoms with E-state index >= 15 is 0 Å². The molecule has 60 valence electrons. The lowest BCUT2D eigenvalue weighted by Crippen LogP contribution is -2.52. The number of hydrogen-bond donors (Lipinski definition) is 2. The van der Waals surface area contributed by atoms with Crippen LogP contribution in [0.5, 0.6) is 0 Å². The van der Waals surface area contributed by atoms with Crippen molar-refractivity contribution in [2.45, 2.75) is 37.5 Å². The summed E-state index contributed by atoms with van der Waals surface area (Å²) in [6.07, 6.45) is 3.43. The predicted octanol–water partition coefficient (Wildman–Crippen LogP) is -0.160. The van der Waals surface area contributed by atoms with Gasteiger partial charge in [0.2, 0.25) is 0 Å². The number of hydrogen-bond acceptors (Lipinski definition) is 3. The largest absolute Gasteiger partial charge is 0.380 e. The van der Waals surface area contributed by atoms with Crippen LogP contribution in [0.15, 0.2) is 0 Å². The molecule has 0 aromatic rings. The predicted molar refractivity (Wildman–Crippen MR) is 40.6 cm³/mol. The fraction of sp³-hybridized carbons (Fsp3) is 1.00. The van der Waals surface area contributed by atoms with Crippen LogP contribution in [0, 0.1) is 0 Å². The van der Waals surface area contributed by atoms with E-state index in [1.165, 1.54) is 0 Å². The Morgan fingerprint density at radius 3 is 2.50 bits per heavy atom. The van der Waals surface area contributed by atoms with E-state index in [4.69, 9.17) is 16.2 Å². The molecule has 10 heavy (non-hydrogen) atoms. The number of rotatable bonds is 1. The molecule has 0 saturated heterocycles. The fourth-order valence-electron chi connectivity index (χ4n) is 1.49. The third kappa shape index (κ3) is 1.48. The Kier molecular flexibility index (Phi) is 2.65. The normalized spacial score (nSPS) is 41.7. The molecule has 0 amide bonds. The maximum Gasteiger partial charge on any atom is 0.0737 e. The highest BCUT2D eigenvalue weighted by atomic mass is 16.5. The van der Waals surface area contributed by atoms with Gasteiger partial charge in [-0.2, -0.15) is 0 Å². The Morgan fingerprint density at radius 2 is 2.00 bits per heavy atom. The van der Waals surface area contributed by atoms with E-state index in [-0.39, 0.29) is 18.2 Å². The van der Waals surface area contributed by atoms with Crippen LogP contribution >= 0.6 is 0 Å². The maximum atomic E-state index is 5.78. The van der Waals surface area contributed by atoms with Crippen molar-refractivity contribution in [2.75, 3.05) is 7.11 Å². The quantitative estimate of drug-likeness (QED) is 0.537. The lowest BCUT2D eigenvalue weighted by atomic mass is 9.89. The first-order valence-corrected chi connectivity index (χ1v) is 3.79. The van der Waals surface area contributed by atoms with Gasteiger partial charge in [-0.05, 0) is 19.3 Å². The van der Waals surface area contributed by atoms with E-state index in [0.717, 1.165) is 19.3 Å². The average molecular weight is 144 g/mol. The Hall–Kier alpha value is -0.120. The second kappa shape index (κ2) is 3.32. The zero-order valence-corrected chi connectivity index (χ0v) is 6.42. The smallest absolute Gasteiger partial charge is 0.0737 e. The van der Waals surface area contributed by atoms with Gasteiger partial charge in [0.1, 0.15) is 0 Å². The average Bonchev–Trinajstić information content (AvgIpc) is 1.95. The summed E-state index contributed by atoms with van der Waals surface area (Å²) < 4.78 is 5.17. The van der Waals surface area contributed by atoms with E-state index < -0.39 is 0 Å². The van der Waals surface area contributed by atoms with E-state index in [2.05, 4.69) is 0 Å². The van der Waals surface area contributed by atoms with Crippen LogP contribution < -0.4 is 11.5 Å². The lowest BCUT2D eigenvalue weighted by molar-refractivity contribution is 0.0471. The van der Waals surface area contributed by atoms with Crippen LogP contribution in [0.4, 0.5) is 0 Å². The molecular weight excluding hydrogens is 128 g/mol. The zero-order valence-electron chi connectivity index (χ0n) is 6.42. The SMILES string of the molecule is CO[C@@H]1CCC[C@H](N)[C@@H]1N. The molecule has 0 aromatic heterocycles. The summed E-state index contributed by atoms with van der Waals surface area (Å²) in [4.78, 5) is 0. The van der Waals surface area contributed by atoms with Crippen LogP contribution in [0.2, 0.25) is 0 Å². The third-order valence-corrected chi connectivity index (χ3v) is 2.25. The Morgan fingerprint density at radius 1 is 1.30 bits per heavy atom. The van der Waals surface area contributed by atoms with E-state index in [1.54, 1.807) is 7.11 Å². The molecule has 1 aliphatic rings. The topological polar surface area (TPSA) is 61.3 Å². The molecular formula is C7H16N2O. The fourth-order valence-corrected chi connectivity index (χ4v) is 1.49. The first-order chi connectivity index (χ1) is 4.75. The van der Waals surface area contributed by atoms with Crippen molar-refractivity contribution < 1.29 is 4.74 Å². The first-order valence-electron chi connectivity index (χ1n) is 3.79. The minimum Gasteiger partial charge on any atom is -0.380 e.